The third kappa shape index (κ3) is 5.04. The van der Waals surface area contributed by atoms with Crippen LogP contribution in [0.4, 0.5) is 5.00 Å². The van der Waals surface area contributed by atoms with Gasteiger partial charge in [0.1, 0.15) is 16.9 Å². The molecule has 31 heavy (non-hydrogen) atoms. The van der Waals surface area contributed by atoms with Crippen LogP contribution in [0.25, 0.3) is 0 Å². The SMILES string of the molecule is C=CCn1c(SCC(=O)Nc2sc3c(c2C#N)CCCCC3)nnc1C1CCCCC1. The van der Waals surface area contributed by atoms with Gasteiger partial charge in [0.25, 0.3) is 0 Å². The second-order valence-corrected chi connectivity index (χ2v) is 10.3. The van der Waals surface area contributed by atoms with Crippen molar-refractivity contribution in [2.75, 3.05) is 11.1 Å². The Hall–Kier alpha value is -2.11. The van der Waals surface area contributed by atoms with E-state index in [2.05, 4.69) is 32.7 Å². The Morgan fingerprint density at radius 2 is 2.00 bits per heavy atom. The van der Waals surface area contributed by atoms with Crippen LogP contribution in [0.15, 0.2) is 17.8 Å². The average molecular weight is 456 g/mol. The Bertz CT molecular complexity index is 981. The first-order chi connectivity index (χ1) is 15.2. The molecule has 2 aromatic rings. The highest BCUT2D eigenvalue weighted by molar-refractivity contribution is 7.99. The average Bonchev–Trinajstić information content (AvgIpc) is 3.25. The first-order valence-corrected chi connectivity index (χ1v) is 13.0. The van der Waals surface area contributed by atoms with Gasteiger partial charge in [-0.15, -0.1) is 28.1 Å². The van der Waals surface area contributed by atoms with E-state index in [1.54, 1.807) is 11.3 Å². The number of thiophene rings is 1. The van der Waals surface area contributed by atoms with Crippen LogP contribution in [0.5, 0.6) is 0 Å². The van der Waals surface area contributed by atoms with E-state index in [-0.39, 0.29) is 11.7 Å². The number of amides is 1. The maximum Gasteiger partial charge on any atom is 0.235 e. The Labute approximate surface area is 192 Å². The Morgan fingerprint density at radius 1 is 1.23 bits per heavy atom. The molecule has 2 aliphatic carbocycles. The topological polar surface area (TPSA) is 83.6 Å². The van der Waals surface area contributed by atoms with Crippen LogP contribution in [0.2, 0.25) is 0 Å². The number of hydrogen-bond acceptors (Lipinski definition) is 6. The zero-order valence-corrected chi connectivity index (χ0v) is 19.5. The summed E-state index contributed by atoms with van der Waals surface area (Å²) in [6.07, 6.45) is 13.4. The number of anilines is 1. The summed E-state index contributed by atoms with van der Waals surface area (Å²) < 4.78 is 2.11. The van der Waals surface area contributed by atoms with Crippen LogP contribution in [-0.4, -0.2) is 26.4 Å². The quantitative estimate of drug-likeness (QED) is 0.341. The summed E-state index contributed by atoms with van der Waals surface area (Å²) in [5.41, 5.74) is 1.81. The summed E-state index contributed by atoms with van der Waals surface area (Å²) in [6.45, 7) is 4.53. The molecule has 0 unspecified atom stereocenters. The predicted molar refractivity (Wildman–Crippen MR) is 126 cm³/mol. The van der Waals surface area contributed by atoms with Gasteiger partial charge in [-0.3, -0.25) is 4.79 Å². The molecule has 1 amide bonds. The number of nitrogens with one attached hydrogen (secondary N) is 1. The molecule has 2 heterocycles. The molecule has 0 aliphatic heterocycles. The number of rotatable bonds is 7. The molecule has 0 atom stereocenters. The molecule has 6 nitrogen and oxygen atoms in total. The summed E-state index contributed by atoms with van der Waals surface area (Å²) in [6, 6.07) is 2.33. The maximum absolute atomic E-state index is 12.7. The van der Waals surface area contributed by atoms with E-state index in [0.717, 1.165) is 55.1 Å². The minimum absolute atomic E-state index is 0.106. The third-order valence-electron chi connectivity index (χ3n) is 6.15. The number of carbonyl (C=O) groups is 1. The molecule has 8 heteroatoms. The van der Waals surface area contributed by atoms with Crippen molar-refractivity contribution in [2.45, 2.75) is 81.8 Å². The molecule has 1 fully saturated rings. The molecule has 4 rings (SSSR count). The number of fused-ring (bicyclic) bond motifs is 1. The minimum Gasteiger partial charge on any atom is -0.316 e. The van der Waals surface area contributed by atoms with Gasteiger partial charge in [-0.1, -0.05) is 43.5 Å². The van der Waals surface area contributed by atoms with Crippen molar-refractivity contribution in [3.8, 4) is 6.07 Å². The lowest BCUT2D eigenvalue weighted by Gasteiger charge is -2.21. The van der Waals surface area contributed by atoms with Crippen molar-refractivity contribution in [1.29, 1.82) is 5.26 Å². The largest absolute Gasteiger partial charge is 0.316 e. The van der Waals surface area contributed by atoms with Crippen molar-refractivity contribution in [1.82, 2.24) is 14.8 Å². The third-order valence-corrected chi connectivity index (χ3v) is 8.32. The number of thioether (sulfide) groups is 1. The molecule has 1 saturated carbocycles. The maximum atomic E-state index is 12.7. The number of carbonyl (C=O) groups excluding carboxylic acids is 1. The molecular weight excluding hydrogens is 426 g/mol. The molecule has 2 aliphatic rings. The lowest BCUT2D eigenvalue weighted by molar-refractivity contribution is -0.113. The van der Waals surface area contributed by atoms with Crippen LogP contribution in [0, 0.1) is 11.3 Å². The molecular formula is C23H29N5OS2. The minimum atomic E-state index is -0.106. The number of nitrogens with zero attached hydrogens (tertiary/aromatic N) is 4. The highest BCUT2D eigenvalue weighted by Gasteiger charge is 2.24. The van der Waals surface area contributed by atoms with Gasteiger partial charge in [-0.05, 0) is 44.1 Å². The summed E-state index contributed by atoms with van der Waals surface area (Å²) >= 11 is 2.98. The van der Waals surface area contributed by atoms with Crippen molar-refractivity contribution in [2.24, 2.45) is 0 Å². The monoisotopic (exact) mass is 455 g/mol. The van der Waals surface area contributed by atoms with Crippen molar-refractivity contribution in [3.63, 3.8) is 0 Å². The highest BCUT2D eigenvalue weighted by Crippen LogP contribution is 2.37. The van der Waals surface area contributed by atoms with Gasteiger partial charge in [0.2, 0.25) is 5.91 Å². The zero-order valence-electron chi connectivity index (χ0n) is 17.9. The Kier molecular flexibility index (Phi) is 7.46. The van der Waals surface area contributed by atoms with Crippen molar-refractivity contribution >= 4 is 34.0 Å². The fraction of sp³-hybridized carbons (Fsp3) is 0.565. The number of aryl methyl sites for hydroxylation is 1. The van der Waals surface area contributed by atoms with Crippen LogP contribution in [0.3, 0.4) is 0 Å². The normalized spacial score (nSPS) is 16.9. The van der Waals surface area contributed by atoms with Crippen LogP contribution < -0.4 is 5.32 Å². The number of aromatic nitrogens is 3. The standard InChI is InChI=1S/C23H29N5OS2/c1-2-13-28-21(16-9-5-3-6-10-16)26-27-23(28)30-15-20(29)25-22-18(14-24)17-11-7-4-8-12-19(17)31-22/h2,16H,1,3-13,15H2,(H,25,29). The second-order valence-electron chi connectivity index (χ2n) is 8.29. The zero-order chi connectivity index (χ0) is 21.6. The molecule has 0 spiro atoms. The van der Waals surface area contributed by atoms with E-state index in [0.29, 0.717) is 23.0 Å². The Morgan fingerprint density at radius 3 is 2.77 bits per heavy atom. The molecule has 2 aromatic heterocycles. The predicted octanol–water partition coefficient (Wildman–Crippen LogP) is 5.44. The van der Waals surface area contributed by atoms with E-state index in [4.69, 9.17) is 0 Å². The molecule has 0 saturated heterocycles. The molecule has 0 aromatic carbocycles. The van der Waals surface area contributed by atoms with Crippen LogP contribution >= 0.6 is 23.1 Å². The first kappa shape index (κ1) is 22.1. The lowest BCUT2D eigenvalue weighted by Crippen LogP contribution is -2.15. The smallest absolute Gasteiger partial charge is 0.235 e. The Balaban J connectivity index is 1.43. The molecule has 0 bridgehead atoms. The fourth-order valence-electron chi connectivity index (χ4n) is 4.61. The summed E-state index contributed by atoms with van der Waals surface area (Å²) in [7, 11) is 0. The van der Waals surface area contributed by atoms with Crippen LogP contribution in [-0.2, 0) is 24.2 Å². The van der Waals surface area contributed by atoms with E-state index >= 15 is 0 Å². The van der Waals surface area contributed by atoms with Gasteiger partial charge in [-0.25, -0.2) is 0 Å². The number of allylic oxidation sites excluding steroid dienone is 1. The summed E-state index contributed by atoms with van der Waals surface area (Å²) in [5.74, 6) is 1.61. The lowest BCUT2D eigenvalue weighted by atomic mass is 9.89. The van der Waals surface area contributed by atoms with Crippen molar-refractivity contribution in [3.05, 3.63) is 34.5 Å². The number of nitriles is 1. The molecule has 1 N–H and O–H groups in total. The van der Waals surface area contributed by atoms with Crippen molar-refractivity contribution < 1.29 is 4.79 Å². The van der Waals surface area contributed by atoms with E-state index < -0.39 is 0 Å². The van der Waals surface area contributed by atoms with Crippen LogP contribution in [0.1, 0.15) is 79.1 Å². The summed E-state index contributed by atoms with van der Waals surface area (Å²) in [4.78, 5) is 14.0. The van der Waals surface area contributed by atoms with Gasteiger partial charge in [0.05, 0.1) is 11.3 Å². The highest BCUT2D eigenvalue weighted by atomic mass is 32.2. The van der Waals surface area contributed by atoms with Gasteiger partial charge in [-0.2, -0.15) is 5.26 Å². The van der Waals surface area contributed by atoms with E-state index in [1.165, 1.54) is 42.3 Å². The summed E-state index contributed by atoms with van der Waals surface area (Å²) in [5, 5.41) is 23.0. The van der Waals surface area contributed by atoms with Gasteiger partial charge in [0.15, 0.2) is 5.16 Å². The van der Waals surface area contributed by atoms with Gasteiger partial charge < -0.3 is 9.88 Å². The van der Waals surface area contributed by atoms with E-state index in [9.17, 15) is 10.1 Å². The second kappa shape index (κ2) is 10.5. The fourth-order valence-corrected chi connectivity index (χ4v) is 6.62. The number of hydrogen-bond donors (Lipinski definition) is 1. The molecule has 164 valence electrons. The van der Waals surface area contributed by atoms with E-state index in [1.807, 2.05) is 6.08 Å². The van der Waals surface area contributed by atoms with Gasteiger partial charge in [0, 0.05) is 17.3 Å². The van der Waals surface area contributed by atoms with Gasteiger partial charge >= 0.3 is 0 Å². The molecule has 0 radical (unpaired) electrons. The first-order valence-electron chi connectivity index (χ1n) is 11.2.